The minimum absolute atomic E-state index is 0.300. The van der Waals surface area contributed by atoms with Gasteiger partial charge in [0.25, 0.3) is 0 Å². The van der Waals surface area contributed by atoms with Crippen LogP contribution in [-0.2, 0) is 16.1 Å². The number of tetrazole rings is 1. The van der Waals surface area contributed by atoms with Crippen LogP contribution in [0.1, 0.15) is 5.56 Å². The highest BCUT2D eigenvalue weighted by Crippen LogP contribution is 2.19. The van der Waals surface area contributed by atoms with Gasteiger partial charge in [-0.15, -0.1) is 10.2 Å². The number of rotatable bonds is 6. The van der Waals surface area contributed by atoms with Gasteiger partial charge in [-0.2, -0.15) is 4.80 Å². The number of benzene rings is 2. The molecule has 0 radical (unpaired) electrons. The molecule has 2 amide bonds. The average molecular weight is 404 g/mol. The zero-order chi connectivity index (χ0) is 21.0. The summed E-state index contributed by atoms with van der Waals surface area (Å²) in [7, 11) is 0. The molecule has 0 saturated carbocycles. The number of hydrogen-bond acceptors (Lipinski definition) is 5. The number of nitrogens with zero attached hydrogens (tertiary/aromatic N) is 4. The lowest BCUT2D eigenvalue weighted by molar-refractivity contribution is -0.124. The molecule has 1 heterocycles. The summed E-state index contributed by atoms with van der Waals surface area (Å²) in [6.45, 7) is 1.12. The SMILES string of the molecule is Cc1ccc(-c2nnn(CC(=O)NCC(=O)Nc3ccc(F)c(F)c3F)n2)cc1. The van der Waals surface area contributed by atoms with Crippen LogP contribution in [0.2, 0.25) is 0 Å². The topological polar surface area (TPSA) is 102 Å². The number of anilines is 1. The van der Waals surface area contributed by atoms with Crippen molar-refractivity contribution < 1.29 is 22.8 Å². The van der Waals surface area contributed by atoms with Gasteiger partial charge in [0, 0.05) is 5.56 Å². The van der Waals surface area contributed by atoms with E-state index in [4.69, 9.17) is 0 Å². The van der Waals surface area contributed by atoms with Crippen LogP contribution in [0.15, 0.2) is 36.4 Å². The van der Waals surface area contributed by atoms with Crippen molar-refractivity contribution in [3.63, 3.8) is 0 Å². The molecule has 0 aliphatic carbocycles. The molecule has 11 heteroatoms. The first-order valence-electron chi connectivity index (χ1n) is 8.38. The Balaban J connectivity index is 1.52. The first-order valence-corrected chi connectivity index (χ1v) is 8.38. The zero-order valence-electron chi connectivity index (χ0n) is 15.1. The summed E-state index contributed by atoms with van der Waals surface area (Å²) in [5.41, 5.74) is 1.26. The second kappa shape index (κ2) is 8.50. The van der Waals surface area contributed by atoms with Crippen molar-refractivity contribution in [1.82, 2.24) is 25.5 Å². The van der Waals surface area contributed by atoms with Gasteiger partial charge in [0.05, 0.1) is 12.2 Å². The number of halogens is 3. The van der Waals surface area contributed by atoms with Gasteiger partial charge in [-0.25, -0.2) is 13.2 Å². The fraction of sp³-hybridized carbons (Fsp3) is 0.167. The first-order chi connectivity index (χ1) is 13.8. The summed E-state index contributed by atoms with van der Waals surface area (Å²) in [6, 6.07) is 8.96. The Morgan fingerprint density at radius 2 is 1.72 bits per heavy atom. The number of amides is 2. The molecule has 0 aliphatic heterocycles. The maximum absolute atomic E-state index is 13.5. The molecule has 0 saturated heterocycles. The van der Waals surface area contributed by atoms with E-state index >= 15 is 0 Å². The summed E-state index contributed by atoms with van der Waals surface area (Å²) in [6.07, 6.45) is 0. The predicted molar refractivity (Wildman–Crippen MR) is 95.9 cm³/mol. The summed E-state index contributed by atoms with van der Waals surface area (Å²) in [5, 5.41) is 16.0. The molecule has 3 aromatic rings. The van der Waals surface area contributed by atoms with E-state index in [1.54, 1.807) is 0 Å². The largest absolute Gasteiger partial charge is 0.345 e. The molecule has 0 unspecified atom stereocenters. The Morgan fingerprint density at radius 1 is 1.00 bits per heavy atom. The van der Waals surface area contributed by atoms with E-state index in [9.17, 15) is 22.8 Å². The molecule has 150 valence electrons. The third-order valence-electron chi connectivity index (χ3n) is 3.80. The van der Waals surface area contributed by atoms with Gasteiger partial charge in [0.1, 0.15) is 6.54 Å². The van der Waals surface area contributed by atoms with Gasteiger partial charge in [-0.05, 0) is 24.3 Å². The summed E-state index contributed by atoms with van der Waals surface area (Å²) in [5.74, 6) is -5.69. The fourth-order valence-electron chi connectivity index (χ4n) is 2.31. The van der Waals surface area contributed by atoms with Gasteiger partial charge in [0.15, 0.2) is 17.5 Å². The van der Waals surface area contributed by atoms with Crippen molar-refractivity contribution in [2.24, 2.45) is 0 Å². The van der Waals surface area contributed by atoms with Crippen molar-refractivity contribution in [2.75, 3.05) is 11.9 Å². The molecule has 29 heavy (non-hydrogen) atoms. The van der Waals surface area contributed by atoms with Crippen LogP contribution >= 0.6 is 0 Å². The number of nitrogens with one attached hydrogen (secondary N) is 2. The molecular weight excluding hydrogens is 389 g/mol. The zero-order valence-corrected chi connectivity index (χ0v) is 15.1. The molecule has 0 bridgehead atoms. The molecule has 3 rings (SSSR count). The standard InChI is InChI=1S/C18H15F3N6O2/c1-10-2-4-11(5-3-10)18-24-26-27(25-18)9-15(29)22-8-14(28)23-13-7-6-12(19)16(20)17(13)21/h2-7H,8-9H2,1H3,(H,22,29)(H,23,28). The molecule has 0 spiro atoms. The van der Waals surface area contributed by atoms with E-state index in [2.05, 4.69) is 20.7 Å². The van der Waals surface area contributed by atoms with Crippen molar-refractivity contribution in [1.29, 1.82) is 0 Å². The Kier molecular flexibility index (Phi) is 5.86. The lowest BCUT2D eigenvalue weighted by Gasteiger charge is -2.08. The molecule has 0 aliphatic rings. The Hall–Kier alpha value is -3.76. The highest BCUT2D eigenvalue weighted by atomic mass is 19.2. The molecule has 0 fully saturated rings. The first kappa shape index (κ1) is 20.0. The third-order valence-corrected chi connectivity index (χ3v) is 3.80. The minimum Gasteiger partial charge on any atom is -0.345 e. The van der Waals surface area contributed by atoms with Gasteiger partial charge in [-0.1, -0.05) is 29.8 Å². The Labute approximate surface area is 162 Å². The number of hydrogen-bond donors (Lipinski definition) is 2. The number of carbonyl (C=O) groups excluding carboxylic acids is 2. The van der Waals surface area contributed by atoms with Crippen LogP contribution in [0.25, 0.3) is 11.4 Å². The summed E-state index contributed by atoms with van der Waals surface area (Å²) < 4.78 is 39.6. The maximum atomic E-state index is 13.5. The van der Waals surface area contributed by atoms with E-state index in [1.165, 1.54) is 0 Å². The highest BCUT2D eigenvalue weighted by Gasteiger charge is 2.16. The minimum atomic E-state index is -1.70. The molecular formula is C18H15F3N6O2. The number of aryl methyl sites for hydroxylation is 1. The van der Waals surface area contributed by atoms with Crippen LogP contribution in [0, 0.1) is 24.4 Å². The normalized spacial score (nSPS) is 10.6. The number of aromatic nitrogens is 4. The summed E-state index contributed by atoms with van der Waals surface area (Å²) >= 11 is 0. The van der Waals surface area contributed by atoms with Gasteiger partial charge >= 0.3 is 0 Å². The van der Waals surface area contributed by atoms with E-state index in [-0.39, 0.29) is 6.54 Å². The van der Waals surface area contributed by atoms with Gasteiger partial charge < -0.3 is 10.6 Å². The molecule has 0 atom stereocenters. The second-order valence-corrected chi connectivity index (χ2v) is 6.06. The lowest BCUT2D eigenvalue weighted by Crippen LogP contribution is -2.35. The van der Waals surface area contributed by atoms with Crippen LogP contribution in [0.3, 0.4) is 0 Å². The van der Waals surface area contributed by atoms with Crippen molar-refractivity contribution in [3.8, 4) is 11.4 Å². The highest BCUT2D eigenvalue weighted by molar-refractivity contribution is 5.94. The van der Waals surface area contributed by atoms with Gasteiger partial charge in [-0.3, -0.25) is 9.59 Å². The van der Waals surface area contributed by atoms with E-state index in [1.807, 2.05) is 36.5 Å². The monoisotopic (exact) mass is 404 g/mol. The molecule has 2 N–H and O–H groups in total. The Morgan fingerprint density at radius 3 is 2.45 bits per heavy atom. The van der Waals surface area contributed by atoms with Crippen molar-refractivity contribution >= 4 is 17.5 Å². The molecule has 8 nitrogen and oxygen atoms in total. The van der Waals surface area contributed by atoms with E-state index in [0.717, 1.165) is 22.0 Å². The fourth-order valence-corrected chi connectivity index (χ4v) is 2.31. The van der Waals surface area contributed by atoms with E-state index < -0.39 is 41.5 Å². The van der Waals surface area contributed by atoms with Crippen LogP contribution in [0.5, 0.6) is 0 Å². The number of carbonyl (C=O) groups is 2. The average Bonchev–Trinajstić information content (AvgIpc) is 3.16. The molecule has 1 aromatic heterocycles. The van der Waals surface area contributed by atoms with E-state index in [0.29, 0.717) is 11.9 Å². The summed E-state index contributed by atoms with van der Waals surface area (Å²) in [4.78, 5) is 24.8. The second-order valence-electron chi connectivity index (χ2n) is 6.06. The van der Waals surface area contributed by atoms with Crippen molar-refractivity contribution in [3.05, 3.63) is 59.4 Å². The van der Waals surface area contributed by atoms with Crippen LogP contribution in [0.4, 0.5) is 18.9 Å². The van der Waals surface area contributed by atoms with Crippen LogP contribution in [-0.4, -0.2) is 38.6 Å². The van der Waals surface area contributed by atoms with Crippen LogP contribution < -0.4 is 10.6 Å². The van der Waals surface area contributed by atoms with Crippen molar-refractivity contribution in [2.45, 2.75) is 13.5 Å². The molecule has 2 aromatic carbocycles. The Bertz CT molecular complexity index is 1050. The quantitative estimate of drug-likeness (QED) is 0.611. The maximum Gasteiger partial charge on any atom is 0.244 e. The lowest BCUT2D eigenvalue weighted by atomic mass is 10.1. The van der Waals surface area contributed by atoms with Gasteiger partial charge in [0.2, 0.25) is 17.6 Å². The third kappa shape index (κ3) is 4.94. The smallest absolute Gasteiger partial charge is 0.244 e. The predicted octanol–water partition coefficient (Wildman–Crippen LogP) is 1.82.